The predicted molar refractivity (Wildman–Crippen MR) is 95.2 cm³/mol. The van der Waals surface area contributed by atoms with Gasteiger partial charge in [0.25, 0.3) is 5.91 Å². The maximum Gasteiger partial charge on any atom is 0.262 e. The van der Waals surface area contributed by atoms with Gasteiger partial charge < -0.3 is 20.2 Å². The molecule has 126 valence electrons. The van der Waals surface area contributed by atoms with E-state index in [0.29, 0.717) is 22.2 Å². The van der Waals surface area contributed by atoms with Crippen LogP contribution in [0.5, 0.6) is 11.5 Å². The Balaban J connectivity index is 1.98. The molecule has 1 amide bonds. The molecule has 0 unspecified atom stereocenters. The third kappa shape index (κ3) is 5.17. The zero-order valence-corrected chi connectivity index (χ0v) is 14.1. The maximum absolute atomic E-state index is 12.0. The van der Waals surface area contributed by atoms with Crippen LogP contribution in [0.1, 0.15) is 5.56 Å². The molecule has 0 aliphatic rings. The number of hydrogen-bond donors (Lipinski definition) is 2. The lowest BCUT2D eigenvalue weighted by atomic mass is 10.2. The molecule has 0 spiro atoms. The second-order valence-corrected chi connectivity index (χ2v) is 5.18. The molecule has 0 aromatic heterocycles. The van der Waals surface area contributed by atoms with Crippen LogP contribution in [0.4, 0.5) is 5.69 Å². The van der Waals surface area contributed by atoms with E-state index in [2.05, 4.69) is 15.8 Å². The van der Waals surface area contributed by atoms with Crippen LogP contribution in [0.15, 0.2) is 47.6 Å². The van der Waals surface area contributed by atoms with Gasteiger partial charge in [-0.1, -0.05) is 17.7 Å². The van der Waals surface area contributed by atoms with Crippen LogP contribution in [0, 0.1) is 0 Å². The molecule has 0 saturated heterocycles. The van der Waals surface area contributed by atoms with Gasteiger partial charge in [0.1, 0.15) is 0 Å². The number of ether oxygens (including phenoxy) is 2. The lowest BCUT2D eigenvalue weighted by Crippen LogP contribution is -2.20. The van der Waals surface area contributed by atoms with Crippen LogP contribution in [0.25, 0.3) is 0 Å². The summed E-state index contributed by atoms with van der Waals surface area (Å²) in [4.78, 5) is 12.0. The zero-order valence-electron chi connectivity index (χ0n) is 13.4. The molecule has 0 radical (unpaired) electrons. The lowest BCUT2D eigenvalue weighted by Gasteiger charge is -2.11. The highest BCUT2D eigenvalue weighted by atomic mass is 35.5. The number of benzene rings is 2. The molecule has 0 heterocycles. The van der Waals surface area contributed by atoms with Crippen LogP contribution in [-0.2, 0) is 4.79 Å². The number of halogens is 1. The van der Waals surface area contributed by atoms with Gasteiger partial charge in [-0.05, 0) is 42.0 Å². The number of carbonyl (C=O) groups excluding carboxylic acids is 1. The molecule has 2 aromatic carbocycles. The van der Waals surface area contributed by atoms with E-state index in [1.54, 1.807) is 49.7 Å². The highest BCUT2D eigenvalue weighted by Gasteiger charge is 2.09. The van der Waals surface area contributed by atoms with Crippen LogP contribution in [0.3, 0.4) is 0 Å². The molecule has 0 bridgehead atoms. The zero-order chi connectivity index (χ0) is 17.4. The van der Waals surface area contributed by atoms with Crippen molar-refractivity contribution in [2.75, 3.05) is 26.1 Å². The first-order valence-electron chi connectivity index (χ1n) is 7.18. The Hall–Kier alpha value is -2.73. The quantitative estimate of drug-likeness (QED) is 0.596. The van der Waals surface area contributed by atoms with Gasteiger partial charge in [-0.25, -0.2) is 0 Å². The number of amides is 1. The molecule has 0 atom stereocenters. The third-order valence-corrected chi connectivity index (χ3v) is 3.23. The van der Waals surface area contributed by atoms with Gasteiger partial charge in [0, 0.05) is 17.8 Å². The van der Waals surface area contributed by atoms with Gasteiger partial charge in [-0.3, -0.25) is 4.79 Å². The first kappa shape index (κ1) is 17.6. The minimum atomic E-state index is -0.292. The van der Waals surface area contributed by atoms with Gasteiger partial charge in [-0.15, -0.1) is 0 Å². The number of carbonyl (C=O) groups is 1. The molecule has 2 aromatic rings. The molecule has 2 N–H and O–H groups in total. The largest absolute Gasteiger partial charge is 0.493 e. The van der Waals surface area contributed by atoms with Crippen LogP contribution >= 0.6 is 11.6 Å². The van der Waals surface area contributed by atoms with Crippen molar-refractivity contribution >= 4 is 29.4 Å². The van der Waals surface area contributed by atoms with Crippen molar-refractivity contribution in [3.63, 3.8) is 0 Å². The van der Waals surface area contributed by atoms with E-state index in [-0.39, 0.29) is 12.5 Å². The van der Waals surface area contributed by atoms with Crippen molar-refractivity contribution in [2.24, 2.45) is 5.10 Å². The fraction of sp³-hybridized carbons (Fsp3) is 0.176. The minimum Gasteiger partial charge on any atom is -0.493 e. The molecule has 24 heavy (non-hydrogen) atoms. The fourth-order valence-electron chi connectivity index (χ4n) is 1.93. The highest BCUT2D eigenvalue weighted by Crippen LogP contribution is 2.27. The average Bonchev–Trinajstić information content (AvgIpc) is 2.58. The average molecular weight is 348 g/mol. The van der Waals surface area contributed by atoms with E-state index < -0.39 is 0 Å². The number of anilines is 1. The molecule has 6 nitrogen and oxygen atoms in total. The molecule has 2 rings (SSSR count). The van der Waals surface area contributed by atoms with Crippen molar-refractivity contribution < 1.29 is 14.3 Å². The van der Waals surface area contributed by atoms with E-state index in [9.17, 15) is 4.79 Å². The summed E-state index contributed by atoms with van der Waals surface area (Å²) in [6.07, 6.45) is 1.65. The maximum atomic E-state index is 12.0. The summed E-state index contributed by atoms with van der Waals surface area (Å²) in [5, 5.41) is 7.19. The molecule has 0 fully saturated rings. The van der Waals surface area contributed by atoms with E-state index in [1.165, 1.54) is 7.11 Å². The Morgan fingerprint density at radius 3 is 2.79 bits per heavy atom. The van der Waals surface area contributed by atoms with Crippen molar-refractivity contribution in [2.45, 2.75) is 0 Å². The van der Waals surface area contributed by atoms with Crippen LogP contribution in [-0.4, -0.2) is 32.9 Å². The van der Waals surface area contributed by atoms with E-state index in [1.807, 2.05) is 6.07 Å². The van der Waals surface area contributed by atoms with E-state index >= 15 is 0 Å². The Labute approximate surface area is 145 Å². The van der Waals surface area contributed by atoms with Crippen molar-refractivity contribution in [1.29, 1.82) is 0 Å². The summed E-state index contributed by atoms with van der Waals surface area (Å²) >= 11 is 5.88. The smallest absolute Gasteiger partial charge is 0.262 e. The van der Waals surface area contributed by atoms with Gasteiger partial charge in [-0.2, -0.15) is 5.10 Å². The summed E-state index contributed by atoms with van der Waals surface area (Å²) < 4.78 is 10.8. The normalized spacial score (nSPS) is 10.5. The minimum absolute atomic E-state index is 0.146. The Bertz CT molecular complexity index is 735. The molecular weight excluding hydrogens is 330 g/mol. The Morgan fingerprint density at radius 1 is 1.25 bits per heavy atom. The number of methoxy groups -OCH3 is 1. The summed E-state index contributed by atoms with van der Waals surface area (Å²) in [6, 6.07) is 12.2. The Kier molecular flexibility index (Phi) is 6.45. The lowest BCUT2D eigenvalue weighted by molar-refractivity contribution is -0.118. The highest BCUT2D eigenvalue weighted by molar-refractivity contribution is 6.30. The first-order chi connectivity index (χ1) is 11.6. The van der Waals surface area contributed by atoms with Crippen LogP contribution in [0.2, 0.25) is 5.02 Å². The third-order valence-electron chi connectivity index (χ3n) is 3.00. The van der Waals surface area contributed by atoms with Gasteiger partial charge in [0.2, 0.25) is 0 Å². The van der Waals surface area contributed by atoms with E-state index in [4.69, 9.17) is 21.1 Å². The summed E-state index contributed by atoms with van der Waals surface area (Å²) in [5.74, 6) is 0.700. The second kappa shape index (κ2) is 8.79. The monoisotopic (exact) mass is 347 g/mol. The summed E-state index contributed by atoms with van der Waals surface area (Å²) in [7, 11) is 3.25. The van der Waals surface area contributed by atoms with Crippen molar-refractivity contribution in [3.05, 3.63) is 53.1 Å². The standard InChI is InChI=1S/C17H18ClN3O3/c1-19-20-10-12-6-7-15(16(8-12)23-2)24-11-17(22)21-14-5-3-4-13(18)9-14/h3-10,19H,11H2,1-2H3,(H,21,22)/b20-10+. The number of rotatable bonds is 7. The fourth-order valence-corrected chi connectivity index (χ4v) is 2.12. The van der Waals surface area contributed by atoms with Crippen molar-refractivity contribution in [3.8, 4) is 11.5 Å². The number of hydrazone groups is 1. The Morgan fingerprint density at radius 2 is 2.08 bits per heavy atom. The van der Waals surface area contributed by atoms with Crippen LogP contribution < -0.4 is 20.2 Å². The molecule has 0 saturated carbocycles. The second-order valence-electron chi connectivity index (χ2n) is 4.74. The number of hydrogen-bond acceptors (Lipinski definition) is 5. The topological polar surface area (TPSA) is 72.0 Å². The number of nitrogens with one attached hydrogen (secondary N) is 2. The summed E-state index contributed by atoms with van der Waals surface area (Å²) in [6.45, 7) is -0.146. The SMILES string of the molecule is CN/N=C/c1ccc(OCC(=O)Nc2cccc(Cl)c2)c(OC)c1. The summed E-state index contributed by atoms with van der Waals surface area (Å²) in [5.41, 5.74) is 4.13. The van der Waals surface area contributed by atoms with Gasteiger partial charge >= 0.3 is 0 Å². The van der Waals surface area contributed by atoms with Gasteiger partial charge in [0.15, 0.2) is 18.1 Å². The van der Waals surface area contributed by atoms with Crippen molar-refractivity contribution in [1.82, 2.24) is 5.43 Å². The predicted octanol–water partition coefficient (Wildman–Crippen LogP) is 2.92. The van der Waals surface area contributed by atoms with Gasteiger partial charge in [0.05, 0.1) is 13.3 Å². The number of nitrogens with zero attached hydrogens (tertiary/aromatic N) is 1. The molecule has 7 heteroatoms. The molecule has 0 aliphatic heterocycles. The molecule has 0 aliphatic carbocycles. The van der Waals surface area contributed by atoms with E-state index in [0.717, 1.165) is 5.56 Å². The molecular formula is C17H18ClN3O3. The first-order valence-corrected chi connectivity index (χ1v) is 7.56.